The molecule has 0 aliphatic heterocycles. The van der Waals surface area contributed by atoms with Gasteiger partial charge in [0.25, 0.3) is 0 Å². The molecule has 0 amide bonds. The summed E-state index contributed by atoms with van der Waals surface area (Å²) in [5.41, 5.74) is 0.899. The van der Waals surface area contributed by atoms with Crippen LogP contribution in [-0.2, 0) is 5.41 Å². The first-order chi connectivity index (χ1) is 9.82. The minimum Gasteiger partial charge on any atom is -0.493 e. The molecule has 1 N–H and O–H groups in total. The number of ether oxygens (including phenoxy) is 1. The molecule has 1 atom stereocenters. The molecule has 21 heavy (non-hydrogen) atoms. The summed E-state index contributed by atoms with van der Waals surface area (Å²) in [6.45, 7) is 9.09. The van der Waals surface area contributed by atoms with Crippen molar-refractivity contribution < 1.29 is 4.74 Å². The van der Waals surface area contributed by atoms with Crippen molar-refractivity contribution in [1.82, 2.24) is 5.32 Å². The van der Waals surface area contributed by atoms with Crippen LogP contribution in [0.5, 0.6) is 5.75 Å². The average molecular weight is 286 g/mol. The van der Waals surface area contributed by atoms with Gasteiger partial charge in [0.1, 0.15) is 11.3 Å². The summed E-state index contributed by atoms with van der Waals surface area (Å²) in [6.07, 6.45) is 3.07. The first-order valence-corrected chi connectivity index (χ1v) is 7.75. The van der Waals surface area contributed by atoms with Gasteiger partial charge in [0.2, 0.25) is 0 Å². The van der Waals surface area contributed by atoms with Crippen LogP contribution in [-0.4, -0.2) is 18.2 Å². The number of nitrogens with zero attached hydrogens (tertiary/aromatic N) is 1. The molecule has 1 saturated carbocycles. The van der Waals surface area contributed by atoms with Crippen molar-refractivity contribution in [1.29, 1.82) is 5.26 Å². The van der Waals surface area contributed by atoms with E-state index in [1.807, 2.05) is 19.1 Å². The lowest BCUT2D eigenvalue weighted by Gasteiger charge is -2.24. The third-order valence-electron chi connectivity index (χ3n) is 3.92. The highest BCUT2D eigenvalue weighted by molar-refractivity contribution is 5.32. The Morgan fingerprint density at radius 1 is 1.29 bits per heavy atom. The third kappa shape index (κ3) is 4.75. The molecule has 1 fully saturated rings. The van der Waals surface area contributed by atoms with Crippen LogP contribution in [0.1, 0.15) is 52.5 Å². The van der Waals surface area contributed by atoms with Gasteiger partial charge < -0.3 is 4.74 Å². The van der Waals surface area contributed by atoms with E-state index in [0.717, 1.165) is 5.75 Å². The van der Waals surface area contributed by atoms with Crippen LogP contribution in [0, 0.1) is 11.3 Å². The van der Waals surface area contributed by atoms with Gasteiger partial charge in [-0.1, -0.05) is 32.9 Å². The molecule has 0 radical (unpaired) electrons. The molecule has 3 nitrogen and oxygen atoms in total. The highest BCUT2D eigenvalue weighted by Gasteiger charge is 2.32. The molecule has 0 aromatic heterocycles. The predicted molar refractivity (Wildman–Crippen MR) is 85.4 cm³/mol. The zero-order valence-electron chi connectivity index (χ0n) is 13.6. The van der Waals surface area contributed by atoms with Crippen molar-refractivity contribution >= 4 is 0 Å². The molecule has 1 unspecified atom stereocenters. The predicted octanol–water partition coefficient (Wildman–Crippen LogP) is 3.79. The maximum Gasteiger partial charge on any atom is 0.119 e. The van der Waals surface area contributed by atoms with Crippen molar-refractivity contribution in [2.24, 2.45) is 0 Å². The molecule has 3 heteroatoms. The minimum absolute atomic E-state index is 0.119. The fourth-order valence-electron chi connectivity index (χ4n) is 2.26. The van der Waals surface area contributed by atoms with Crippen LogP contribution < -0.4 is 10.1 Å². The Morgan fingerprint density at radius 3 is 2.57 bits per heavy atom. The van der Waals surface area contributed by atoms with Gasteiger partial charge in [-0.15, -0.1) is 0 Å². The number of hydrogen-bond donors (Lipinski definition) is 1. The van der Waals surface area contributed by atoms with E-state index in [1.54, 1.807) is 0 Å². The molecule has 1 aliphatic rings. The third-order valence-corrected chi connectivity index (χ3v) is 3.92. The lowest BCUT2D eigenvalue weighted by Crippen LogP contribution is -2.43. The van der Waals surface area contributed by atoms with Crippen LogP contribution in [0.3, 0.4) is 0 Å². The standard InChI is InChI=1S/C18H26N2O/c1-17(2,3)14-6-5-7-16(12-14)21-11-10-18(4,13-19)20-15-8-9-15/h5-7,12,15,20H,8-11H2,1-4H3. The maximum absolute atomic E-state index is 9.34. The van der Waals surface area contributed by atoms with Crippen molar-refractivity contribution in [3.8, 4) is 11.8 Å². The number of hydrogen-bond acceptors (Lipinski definition) is 3. The van der Waals surface area contributed by atoms with Gasteiger partial charge in [0, 0.05) is 12.5 Å². The molecule has 1 aromatic carbocycles. The van der Waals surface area contributed by atoms with Gasteiger partial charge in [0.05, 0.1) is 12.7 Å². The topological polar surface area (TPSA) is 45.0 Å². The van der Waals surface area contributed by atoms with E-state index in [4.69, 9.17) is 4.74 Å². The van der Waals surface area contributed by atoms with Gasteiger partial charge in [-0.25, -0.2) is 0 Å². The average Bonchev–Trinajstić information content (AvgIpc) is 3.22. The monoisotopic (exact) mass is 286 g/mol. The molecule has 114 valence electrons. The number of nitrogens with one attached hydrogen (secondary N) is 1. The van der Waals surface area contributed by atoms with Crippen LogP contribution in [0.15, 0.2) is 24.3 Å². The zero-order chi connectivity index (χ0) is 15.5. The number of benzene rings is 1. The number of nitriles is 1. The van der Waals surface area contributed by atoms with Gasteiger partial charge in [-0.3, -0.25) is 5.32 Å². The zero-order valence-corrected chi connectivity index (χ0v) is 13.6. The quantitative estimate of drug-likeness (QED) is 0.865. The summed E-state index contributed by atoms with van der Waals surface area (Å²) in [6, 6.07) is 11.1. The molecule has 0 bridgehead atoms. The second kappa shape index (κ2) is 6.07. The lowest BCUT2D eigenvalue weighted by atomic mass is 9.87. The minimum atomic E-state index is -0.483. The van der Waals surface area contributed by atoms with Crippen molar-refractivity contribution in [2.75, 3.05) is 6.61 Å². The molecule has 0 spiro atoms. The van der Waals surface area contributed by atoms with E-state index < -0.39 is 5.54 Å². The molecule has 0 heterocycles. The summed E-state index contributed by atoms with van der Waals surface area (Å²) in [5.74, 6) is 0.883. The summed E-state index contributed by atoms with van der Waals surface area (Å²) < 4.78 is 5.85. The smallest absolute Gasteiger partial charge is 0.119 e. The normalized spacial score (nSPS) is 17.9. The molecule has 2 rings (SSSR count). The van der Waals surface area contributed by atoms with Gasteiger partial charge in [-0.2, -0.15) is 5.26 Å². The van der Waals surface area contributed by atoms with E-state index >= 15 is 0 Å². The number of rotatable bonds is 6. The fourth-order valence-corrected chi connectivity index (χ4v) is 2.26. The van der Waals surface area contributed by atoms with Crippen LogP contribution in [0.4, 0.5) is 0 Å². The molecule has 0 saturated heterocycles. The van der Waals surface area contributed by atoms with E-state index in [-0.39, 0.29) is 5.41 Å². The fraction of sp³-hybridized carbons (Fsp3) is 0.611. The highest BCUT2D eigenvalue weighted by Crippen LogP contribution is 2.26. The summed E-state index contributed by atoms with van der Waals surface area (Å²) in [5, 5.41) is 12.7. The maximum atomic E-state index is 9.34. The molecule has 1 aliphatic carbocycles. The SMILES string of the molecule is CC(C#N)(CCOc1cccc(C(C)(C)C)c1)NC1CC1. The molecular formula is C18H26N2O. The second-order valence-corrected chi connectivity index (χ2v) is 7.24. The Morgan fingerprint density at radius 2 is 2.00 bits per heavy atom. The first-order valence-electron chi connectivity index (χ1n) is 7.75. The first kappa shape index (κ1) is 15.9. The van der Waals surface area contributed by atoms with Gasteiger partial charge in [-0.05, 0) is 42.9 Å². The largest absolute Gasteiger partial charge is 0.493 e. The Bertz CT molecular complexity index is 523. The van der Waals surface area contributed by atoms with E-state index in [2.05, 4.69) is 44.3 Å². The van der Waals surface area contributed by atoms with E-state index in [0.29, 0.717) is 19.1 Å². The second-order valence-electron chi connectivity index (χ2n) is 7.24. The van der Waals surface area contributed by atoms with Crippen LogP contribution in [0.2, 0.25) is 0 Å². The lowest BCUT2D eigenvalue weighted by molar-refractivity contribution is 0.265. The Labute approximate surface area is 128 Å². The van der Waals surface area contributed by atoms with Crippen LogP contribution >= 0.6 is 0 Å². The van der Waals surface area contributed by atoms with Crippen molar-refractivity contribution in [2.45, 2.75) is 64.0 Å². The summed E-state index contributed by atoms with van der Waals surface area (Å²) >= 11 is 0. The highest BCUT2D eigenvalue weighted by atomic mass is 16.5. The Balaban J connectivity index is 1.89. The molecule has 1 aromatic rings. The molecular weight excluding hydrogens is 260 g/mol. The summed E-state index contributed by atoms with van der Waals surface area (Å²) in [4.78, 5) is 0. The summed E-state index contributed by atoms with van der Waals surface area (Å²) in [7, 11) is 0. The Kier molecular flexibility index (Phi) is 4.58. The van der Waals surface area contributed by atoms with Gasteiger partial charge >= 0.3 is 0 Å². The Hall–Kier alpha value is -1.53. The van der Waals surface area contributed by atoms with Crippen LogP contribution in [0.25, 0.3) is 0 Å². The van der Waals surface area contributed by atoms with E-state index in [1.165, 1.54) is 18.4 Å². The van der Waals surface area contributed by atoms with E-state index in [9.17, 15) is 5.26 Å². The van der Waals surface area contributed by atoms with Crippen molar-refractivity contribution in [3.05, 3.63) is 29.8 Å². The van der Waals surface area contributed by atoms with Gasteiger partial charge in [0.15, 0.2) is 0 Å². The van der Waals surface area contributed by atoms with Crippen molar-refractivity contribution in [3.63, 3.8) is 0 Å².